The third-order valence-corrected chi connectivity index (χ3v) is 5.02. The van der Waals surface area contributed by atoms with Crippen LogP contribution in [0.1, 0.15) is 32.6 Å². The number of nitrogens with zero attached hydrogens (tertiary/aromatic N) is 1. The molecule has 132 valence electrons. The number of anilines is 2. The van der Waals surface area contributed by atoms with Crippen molar-refractivity contribution >= 4 is 56.6 Å². The SMILES string of the molecule is CC(Br)C(=O)Nc1cc(N2C(=O)C3=C(CCCC3)C2=O)c(F)cc1Cl. The lowest BCUT2D eigenvalue weighted by Gasteiger charge is -2.18. The quantitative estimate of drug-likeness (QED) is 0.584. The molecule has 0 spiro atoms. The van der Waals surface area contributed by atoms with Crippen LogP contribution >= 0.6 is 27.5 Å². The second-order valence-corrected chi connectivity index (χ2v) is 7.78. The number of alkyl halides is 1. The van der Waals surface area contributed by atoms with E-state index in [0.717, 1.165) is 23.8 Å². The Kier molecular flexibility index (Phi) is 4.97. The summed E-state index contributed by atoms with van der Waals surface area (Å²) in [5, 5.41) is 2.53. The highest BCUT2D eigenvalue weighted by atomic mass is 79.9. The number of hydrogen-bond donors (Lipinski definition) is 1. The van der Waals surface area contributed by atoms with Crippen LogP contribution < -0.4 is 10.2 Å². The van der Waals surface area contributed by atoms with Gasteiger partial charge in [0.25, 0.3) is 11.8 Å². The summed E-state index contributed by atoms with van der Waals surface area (Å²) in [4.78, 5) is 37.4. The highest BCUT2D eigenvalue weighted by Crippen LogP contribution is 2.38. The molecule has 1 aliphatic carbocycles. The number of amides is 3. The molecule has 1 aromatic carbocycles. The fraction of sp³-hybridized carbons (Fsp3) is 0.353. The van der Waals surface area contributed by atoms with Crippen LogP contribution in [0, 0.1) is 5.82 Å². The van der Waals surface area contributed by atoms with Crippen LogP contribution in [0.4, 0.5) is 15.8 Å². The van der Waals surface area contributed by atoms with Crippen molar-refractivity contribution in [2.45, 2.75) is 37.4 Å². The molecule has 0 saturated carbocycles. The van der Waals surface area contributed by atoms with E-state index in [9.17, 15) is 18.8 Å². The van der Waals surface area contributed by atoms with Crippen LogP contribution in [0.2, 0.25) is 5.02 Å². The van der Waals surface area contributed by atoms with E-state index in [2.05, 4.69) is 21.2 Å². The number of imide groups is 1. The van der Waals surface area contributed by atoms with Crippen LogP contribution in [0.25, 0.3) is 0 Å². The Balaban J connectivity index is 1.99. The van der Waals surface area contributed by atoms with Gasteiger partial charge in [-0.1, -0.05) is 27.5 Å². The summed E-state index contributed by atoms with van der Waals surface area (Å²) in [5.41, 5.74) is 0.863. The third kappa shape index (κ3) is 3.22. The van der Waals surface area contributed by atoms with E-state index in [0.29, 0.717) is 24.0 Å². The summed E-state index contributed by atoms with van der Waals surface area (Å²) < 4.78 is 14.4. The Hall–Kier alpha value is -1.73. The number of halogens is 3. The Morgan fingerprint density at radius 2 is 1.80 bits per heavy atom. The number of carbonyl (C=O) groups is 3. The zero-order valence-corrected chi connectivity index (χ0v) is 15.7. The summed E-state index contributed by atoms with van der Waals surface area (Å²) in [6, 6.07) is 2.21. The highest BCUT2D eigenvalue weighted by Gasteiger charge is 2.41. The van der Waals surface area contributed by atoms with Crippen LogP contribution in [0.15, 0.2) is 23.3 Å². The van der Waals surface area contributed by atoms with Crippen molar-refractivity contribution in [1.29, 1.82) is 0 Å². The van der Waals surface area contributed by atoms with Gasteiger partial charge in [0, 0.05) is 11.1 Å². The molecule has 3 rings (SSSR count). The summed E-state index contributed by atoms with van der Waals surface area (Å²) in [7, 11) is 0. The van der Waals surface area contributed by atoms with E-state index in [1.165, 1.54) is 6.07 Å². The van der Waals surface area contributed by atoms with Crippen molar-refractivity contribution in [2.75, 3.05) is 10.2 Å². The molecule has 1 unspecified atom stereocenters. The normalized spacial score (nSPS) is 18.5. The van der Waals surface area contributed by atoms with Crippen molar-refractivity contribution in [3.63, 3.8) is 0 Å². The molecule has 25 heavy (non-hydrogen) atoms. The summed E-state index contributed by atoms with van der Waals surface area (Å²) >= 11 is 9.11. The van der Waals surface area contributed by atoms with Gasteiger partial charge in [-0.25, -0.2) is 9.29 Å². The predicted octanol–water partition coefficient (Wildman–Crippen LogP) is 3.94. The van der Waals surface area contributed by atoms with Gasteiger partial charge in [-0.15, -0.1) is 0 Å². The Bertz CT molecular complexity index is 794. The first-order valence-corrected chi connectivity index (χ1v) is 9.15. The van der Waals surface area contributed by atoms with E-state index < -0.39 is 22.5 Å². The Morgan fingerprint density at radius 1 is 1.24 bits per heavy atom. The second kappa shape index (κ2) is 6.88. The van der Waals surface area contributed by atoms with Crippen molar-refractivity contribution < 1.29 is 18.8 Å². The molecule has 0 bridgehead atoms. The molecule has 2 aliphatic rings. The van der Waals surface area contributed by atoms with Gasteiger partial charge < -0.3 is 5.32 Å². The molecule has 1 heterocycles. The zero-order valence-electron chi connectivity index (χ0n) is 13.4. The monoisotopic (exact) mass is 428 g/mol. The molecule has 3 amide bonds. The fourth-order valence-corrected chi connectivity index (χ4v) is 3.31. The van der Waals surface area contributed by atoms with Gasteiger partial charge in [0.15, 0.2) is 0 Å². The number of hydrogen-bond acceptors (Lipinski definition) is 3. The predicted molar refractivity (Wildman–Crippen MR) is 96.4 cm³/mol. The van der Waals surface area contributed by atoms with Gasteiger partial charge in [0.1, 0.15) is 5.82 Å². The van der Waals surface area contributed by atoms with Gasteiger partial charge in [-0.3, -0.25) is 14.4 Å². The molecule has 1 N–H and O–H groups in total. The molecular formula is C17H15BrClFN2O3. The standard InChI is InChI=1S/C17H15BrClFN2O3/c1-8(18)15(23)21-13-7-14(12(20)6-11(13)19)22-16(24)9-4-2-3-5-10(9)17(22)25/h6-8H,2-5H2,1H3,(H,21,23). The number of nitrogens with one attached hydrogen (secondary N) is 1. The number of carbonyl (C=O) groups excluding carboxylic acids is 3. The molecule has 1 atom stereocenters. The minimum atomic E-state index is -0.795. The molecule has 0 saturated heterocycles. The minimum absolute atomic E-state index is 0.0143. The zero-order chi connectivity index (χ0) is 18.3. The van der Waals surface area contributed by atoms with Gasteiger partial charge in [-0.05, 0) is 44.7 Å². The van der Waals surface area contributed by atoms with Gasteiger partial charge in [-0.2, -0.15) is 0 Å². The first kappa shape index (κ1) is 18.1. The molecule has 8 heteroatoms. The summed E-state index contributed by atoms with van der Waals surface area (Å²) in [5.74, 6) is -2.16. The molecule has 0 radical (unpaired) electrons. The van der Waals surface area contributed by atoms with E-state index >= 15 is 0 Å². The first-order valence-electron chi connectivity index (χ1n) is 7.86. The summed E-state index contributed by atoms with van der Waals surface area (Å²) in [6.07, 6.45) is 2.71. The van der Waals surface area contributed by atoms with E-state index in [1.807, 2.05) is 0 Å². The van der Waals surface area contributed by atoms with Gasteiger partial charge >= 0.3 is 0 Å². The minimum Gasteiger partial charge on any atom is -0.324 e. The topological polar surface area (TPSA) is 66.5 Å². The lowest BCUT2D eigenvalue weighted by atomic mass is 9.93. The lowest BCUT2D eigenvalue weighted by Crippen LogP contribution is -2.32. The van der Waals surface area contributed by atoms with Crippen LogP contribution in [-0.4, -0.2) is 22.5 Å². The van der Waals surface area contributed by atoms with Crippen molar-refractivity contribution in [3.05, 3.63) is 34.1 Å². The van der Waals surface area contributed by atoms with Crippen molar-refractivity contribution in [1.82, 2.24) is 0 Å². The van der Waals surface area contributed by atoms with Gasteiger partial charge in [0.2, 0.25) is 5.91 Å². The first-order chi connectivity index (χ1) is 11.8. The van der Waals surface area contributed by atoms with Crippen LogP contribution in [0.5, 0.6) is 0 Å². The largest absolute Gasteiger partial charge is 0.324 e. The average Bonchev–Trinajstić information content (AvgIpc) is 2.82. The van der Waals surface area contributed by atoms with Crippen LogP contribution in [0.3, 0.4) is 0 Å². The molecule has 0 fully saturated rings. The fourth-order valence-electron chi connectivity index (χ4n) is 3.00. The maximum absolute atomic E-state index is 14.4. The van der Waals surface area contributed by atoms with Crippen molar-refractivity contribution in [2.24, 2.45) is 0 Å². The molecule has 1 aromatic rings. The highest BCUT2D eigenvalue weighted by molar-refractivity contribution is 9.10. The Morgan fingerprint density at radius 3 is 2.32 bits per heavy atom. The van der Waals surface area contributed by atoms with Crippen molar-refractivity contribution in [3.8, 4) is 0 Å². The summed E-state index contributed by atoms with van der Waals surface area (Å²) in [6.45, 7) is 1.62. The maximum Gasteiger partial charge on any atom is 0.261 e. The average molecular weight is 430 g/mol. The maximum atomic E-state index is 14.4. The third-order valence-electron chi connectivity index (χ3n) is 4.29. The van der Waals surface area contributed by atoms with E-state index in [4.69, 9.17) is 11.6 Å². The number of rotatable bonds is 3. The van der Waals surface area contributed by atoms with E-state index in [1.54, 1.807) is 6.92 Å². The molecule has 0 aromatic heterocycles. The van der Waals surface area contributed by atoms with Gasteiger partial charge in [0.05, 0.1) is 21.2 Å². The molecule has 5 nitrogen and oxygen atoms in total. The molecular weight excluding hydrogens is 415 g/mol. The number of benzene rings is 1. The lowest BCUT2D eigenvalue weighted by molar-refractivity contribution is -0.120. The van der Waals surface area contributed by atoms with E-state index in [-0.39, 0.29) is 22.3 Å². The molecule has 1 aliphatic heterocycles. The second-order valence-electron chi connectivity index (χ2n) is 6.00. The van der Waals surface area contributed by atoms with Crippen LogP contribution in [-0.2, 0) is 14.4 Å². The smallest absolute Gasteiger partial charge is 0.261 e. The Labute approximate surface area is 157 Å².